The van der Waals surface area contributed by atoms with Crippen LogP contribution < -0.4 is 11.1 Å². The molecule has 0 aliphatic rings. The predicted molar refractivity (Wildman–Crippen MR) is 249 cm³/mol. The molecule has 9 heteroatoms. The molecule has 346 valence electrons. The monoisotopic (exact) mass is 843 g/mol. The van der Waals surface area contributed by atoms with Crippen LogP contribution in [0.5, 0.6) is 0 Å². The van der Waals surface area contributed by atoms with Gasteiger partial charge in [0.2, 0.25) is 5.91 Å². The van der Waals surface area contributed by atoms with Crippen LogP contribution in [-0.2, 0) is 18.4 Å². The lowest BCUT2D eigenvalue weighted by molar-refractivity contribution is -0.123. The molecule has 0 bridgehead atoms. The van der Waals surface area contributed by atoms with Gasteiger partial charge in [0, 0.05) is 13.0 Å². The second-order valence-corrected chi connectivity index (χ2v) is 18.8. The van der Waals surface area contributed by atoms with Crippen molar-refractivity contribution in [1.29, 1.82) is 0 Å². The zero-order chi connectivity index (χ0) is 42.5. The number of rotatable bonds is 48. The van der Waals surface area contributed by atoms with Gasteiger partial charge in [0.05, 0.1) is 25.4 Å². The number of phosphoric acid groups is 1. The molecule has 0 aliphatic heterocycles. The molecule has 0 aromatic heterocycles. The van der Waals surface area contributed by atoms with Gasteiger partial charge in [-0.15, -0.1) is 0 Å². The molecule has 1 unspecified atom stereocenters. The lowest BCUT2D eigenvalue weighted by Gasteiger charge is -2.23. The fourth-order valence-electron chi connectivity index (χ4n) is 7.78. The topological polar surface area (TPSA) is 131 Å². The molecule has 0 fully saturated rings. The van der Waals surface area contributed by atoms with Crippen LogP contribution in [0.2, 0.25) is 0 Å². The Morgan fingerprint density at radius 3 is 1.22 bits per heavy atom. The fourth-order valence-corrected chi connectivity index (χ4v) is 8.54. The highest BCUT2D eigenvalue weighted by molar-refractivity contribution is 7.47. The second-order valence-electron chi connectivity index (χ2n) is 17.4. The zero-order valence-electron chi connectivity index (χ0n) is 38.6. The number of allylic oxidation sites excluding steroid dienone is 1. The number of carbonyl (C=O) groups excluding carboxylic acids is 1. The molecule has 8 nitrogen and oxygen atoms in total. The van der Waals surface area contributed by atoms with Crippen molar-refractivity contribution in [3.8, 4) is 0 Å². The van der Waals surface area contributed by atoms with E-state index in [1.807, 2.05) is 6.08 Å². The minimum absolute atomic E-state index is 0.0814. The van der Waals surface area contributed by atoms with E-state index in [4.69, 9.17) is 14.8 Å². The first-order valence-electron chi connectivity index (χ1n) is 25.3. The number of nitrogens with two attached hydrogens (primary N) is 1. The van der Waals surface area contributed by atoms with Crippen LogP contribution in [0.4, 0.5) is 0 Å². The van der Waals surface area contributed by atoms with E-state index < -0.39 is 20.0 Å². The molecule has 0 aromatic carbocycles. The van der Waals surface area contributed by atoms with E-state index in [-0.39, 0.29) is 25.7 Å². The first-order chi connectivity index (χ1) is 28.4. The first-order valence-corrected chi connectivity index (χ1v) is 26.8. The second kappa shape index (κ2) is 45.8. The van der Waals surface area contributed by atoms with Crippen molar-refractivity contribution in [1.82, 2.24) is 5.32 Å². The molecule has 0 saturated carbocycles. The zero-order valence-corrected chi connectivity index (χ0v) is 39.5. The summed E-state index contributed by atoms with van der Waals surface area (Å²) in [5.41, 5.74) is 5.38. The van der Waals surface area contributed by atoms with Crippen LogP contribution in [0.1, 0.15) is 264 Å². The number of aliphatic hydroxyl groups excluding tert-OH is 1. The maximum atomic E-state index is 12.8. The maximum absolute atomic E-state index is 12.8. The Bertz CT molecular complexity index is 922. The van der Waals surface area contributed by atoms with Crippen molar-refractivity contribution in [2.45, 2.75) is 276 Å². The van der Waals surface area contributed by atoms with Crippen LogP contribution in [0, 0.1) is 0 Å². The number of aliphatic hydroxyl groups is 1. The lowest BCUT2D eigenvalue weighted by Crippen LogP contribution is -2.45. The van der Waals surface area contributed by atoms with Crippen molar-refractivity contribution >= 4 is 13.7 Å². The van der Waals surface area contributed by atoms with Crippen LogP contribution >= 0.6 is 7.82 Å². The number of phosphoric ester groups is 1. The summed E-state index contributed by atoms with van der Waals surface area (Å²) in [6.45, 7) is 4.16. The fraction of sp³-hybridized carbons (Fsp3) is 0.939. The largest absolute Gasteiger partial charge is 0.472 e. The molecule has 0 aromatic rings. The van der Waals surface area contributed by atoms with Crippen molar-refractivity contribution in [3.05, 3.63) is 12.2 Å². The summed E-state index contributed by atoms with van der Waals surface area (Å²) in [4.78, 5) is 22.7. The Balaban J connectivity index is 3.91. The predicted octanol–water partition coefficient (Wildman–Crippen LogP) is 14.7. The van der Waals surface area contributed by atoms with Gasteiger partial charge in [-0.05, 0) is 19.3 Å². The lowest BCUT2D eigenvalue weighted by atomic mass is 10.0. The van der Waals surface area contributed by atoms with Crippen LogP contribution in [-0.4, -0.2) is 47.8 Å². The van der Waals surface area contributed by atoms with Crippen LogP contribution in [0.25, 0.3) is 0 Å². The van der Waals surface area contributed by atoms with Crippen molar-refractivity contribution in [2.24, 2.45) is 5.73 Å². The Morgan fingerprint density at radius 1 is 0.552 bits per heavy atom. The third kappa shape index (κ3) is 43.3. The quantitative estimate of drug-likeness (QED) is 0.0272. The van der Waals surface area contributed by atoms with Gasteiger partial charge < -0.3 is 21.1 Å². The summed E-state index contributed by atoms with van der Waals surface area (Å²) in [5, 5.41) is 13.7. The number of unbranched alkanes of at least 4 members (excludes halogenated alkanes) is 36. The average Bonchev–Trinajstić information content (AvgIpc) is 3.21. The Kier molecular flexibility index (Phi) is 45.2. The molecule has 3 atom stereocenters. The van der Waals surface area contributed by atoms with Gasteiger partial charge in [-0.1, -0.05) is 251 Å². The van der Waals surface area contributed by atoms with Gasteiger partial charge in [-0.3, -0.25) is 13.8 Å². The average molecular weight is 843 g/mol. The van der Waals surface area contributed by atoms with Gasteiger partial charge in [0.25, 0.3) is 0 Å². The molecule has 0 spiro atoms. The summed E-state index contributed by atoms with van der Waals surface area (Å²) in [6, 6.07) is -0.854. The van der Waals surface area contributed by atoms with Crippen LogP contribution in [0.3, 0.4) is 0 Å². The normalized spacial score (nSPS) is 13.9. The third-order valence-corrected chi connectivity index (χ3v) is 12.6. The number of hydrogen-bond acceptors (Lipinski definition) is 6. The van der Waals surface area contributed by atoms with E-state index in [2.05, 4.69) is 19.2 Å². The van der Waals surface area contributed by atoms with Gasteiger partial charge in [0.15, 0.2) is 0 Å². The molecular formula is C49H99N2O6P. The minimum Gasteiger partial charge on any atom is -0.387 e. The number of amides is 1. The van der Waals surface area contributed by atoms with Gasteiger partial charge >= 0.3 is 7.82 Å². The molecule has 0 rings (SSSR count). The van der Waals surface area contributed by atoms with Gasteiger partial charge in [0.1, 0.15) is 0 Å². The van der Waals surface area contributed by atoms with E-state index in [9.17, 15) is 19.4 Å². The highest BCUT2D eigenvalue weighted by atomic mass is 31.2. The highest BCUT2D eigenvalue weighted by Gasteiger charge is 2.26. The molecule has 5 N–H and O–H groups in total. The van der Waals surface area contributed by atoms with E-state index in [0.29, 0.717) is 6.42 Å². The van der Waals surface area contributed by atoms with E-state index >= 15 is 0 Å². The van der Waals surface area contributed by atoms with Crippen molar-refractivity contribution in [2.75, 3.05) is 19.8 Å². The molecule has 0 radical (unpaired) electrons. The SMILES string of the molecule is CCCCCCCCCCCC/C=C/[C@@H](O)[C@H](COP(=O)(O)OCCN)NC(=O)CCCCCCCCCCCCCCCCCCCCCCCCCCCCC. The summed E-state index contributed by atoms with van der Waals surface area (Å²) in [6.07, 6.45) is 52.9. The molecule has 0 saturated heterocycles. The standard InChI is InChI=1S/C49H99N2O6P/c1-3-5-7-9-11-13-15-17-18-19-20-21-22-23-24-25-26-27-28-29-30-31-33-35-37-39-41-43-49(53)51-47(46-57-58(54,55)56-45-44-50)48(52)42-40-38-36-34-32-16-14-12-10-8-6-4-2/h40,42,47-48,52H,3-39,41,43-46,50H2,1-2H3,(H,51,53)(H,54,55)/b42-40+/t47-,48+/m0/s1. The van der Waals surface area contributed by atoms with Crippen LogP contribution in [0.15, 0.2) is 12.2 Å². The molecular weight excluding hydrogens is 744 g/mol. The summed E-state index contributed by atoms with van der Waals surface area (Å²) >= 11 is 0. The van der Waals surface area contributed by atoms with Crippen molar-refractivity contribution in [3.63, 3.8) is 0 Å². The van der Waals surface area contributed by atoms with Gasteiger partial charge in [-0.2, -0.15) is 0 Å². The number of nitrogens with one attached hydrogen (secondary N) is 1. The Labute approximate surface area is 360 Å². The maximum Gasteiger partial charge on any atom is 0.472 e. The molecule has 0 heterocycles. The smallest absolute Gasteiger partial charge is 0.387 e. The first kappa shape index (κ1) is 57.2. The molecule has 0 aliphatic carbocycles. The molecule has 1 amide bonds. The van der Waals surface area contributed by atoms with E-state index in [0.717, 1.165) is 38.5 Å². The van der Waals surface area contributed by atoms with Gasteiger partial charge in [-0.25, -0.2) is 4.57 Å². The highest BCUT2D eigenvalue weighted by Crippen LogP contribution is 2.43. The van der Waals surface area contributed by atoms with E-state index in [1.165, 1.54) is 205 Å². The van der Waals surface area contributed by atoms with Crippen molar-refractivity contribution < 1.29 is 28.4 Å². The summed E-state index contributed by atoms with van der Waals surface area (Å²) in [5.74, 6) is -0.189. The Hall–Kier alpha value is -0.760. The van der Waals surface area contributed by atoms with E-state index in [1.54, 1.807) is 6.08 Å². The number of carbonyl (C=O) groups is 1. The minimum atomic E-state index is -4.33. The summed E-state index contributed by atoms with van der Waals surface area (Å²) in [7, 11) is -4.33. The molecule has 58 heavy (non-hydrogen) atoms. The number of hydrogen-bond donors (Lipinski definition) is 4. The third-order valence-electron chi connectivity index (χ3n) is 11.6. The Morgan fingerprint density at radius 2 is 0.879 bits per heavy atom. The summed E-state index contributed by atoms with van der Waals surface area (Å²) < 4.78 is 22.2.